The molecular formula is C21H25ClN2O. The molecule has 1 aromatic carbocycles. The highest BCUT2D eigenvalue weighted by molar-refractivity contribution is 6.30. The van der Waals surface area contributed by atoms with E-state index in [4.69, 9.17) is 11.6 Å². The fourth-order valence-corrected chi connectivity index (χ4v) is 2.83. The molecule has 0 amide bonds. The van der Waals surface area contributed by atoms with Gasteiger partial charge in [0.1, 0.15) is 0 Å². The Morgan fingerprint density at radius 2 is 1.48 bits per heavy atom. The molecule has 132 valence electrons. The van der Waals surface area contributed by atoms with Crippen LogP contribution < -0.4 is 0 Å². The minimum atomic E-state index is 0.175. The third kappa shape index (κ3) is 6.09. The van der Waals surface area contributed by atoms with Gasteiger partial charge in [-0.2, -0.15) is 10.2 Å². The smallest absolute Gasteiger partial charge is 0.185 e. The van der Waals surface area contributed by atoms with E-state index >= 15 is 0 Å². The molecule has 1 aliphatic carbocycles. The van der Waals surface area contributed by atoms with Crippen molar-refractivity contribution in [2.75, 3.05) is 0 Å². The first-order chi connectivity index (χ1) is 11.8. The number of halogens is 1. The van der Waals surface area contributed by atoms with Crippen molar-refractivity contribution in [3.05, 3.63) is 64.4 Å². The van der Waals surface area contributed by atoms with Gasteiger partial charge in [0.2, 0.25) is 0 Å². The third-order valence-corrected chi connectivity index (χ3v) is 3.98. The van der Waals surface area contributed by atoms with E-state index in [1.165, 1.54) is 0 Å². The van der Waals surface area contributed by atoms with Crippen molar-refractivity contribution in [3.63, 3.8) is 0 Å². The number of carbonyl (C=O) groups excluding carboxylic acids is 1. The Bertz CT molecular complexity index is 706. The van der Waals surface area contributed by atoms with E-state index in [2.05, 4.69) is 37.9 Å². The van der Waals surface area contributed by atoms with Crippen molar-refractivity contribution in [3.8, 4) is 0 Å². The lowest BCUT2D eigenvalue weighted by Crippen LogP contribution is -2.14. The van der Waals surface area contributed by atoms with Gasteiger partial charge < -0.3 is 0 Å². The van der Waals surface area contributed by atoms with Gasteiger partial charge in [-0.3, -0.25) is 4.79 Å². The molecule has 0 unspecified atom stereocenters. The molecule has 3 nitrogen and oxygen atoms in total. The molecule has 0 atom stereocenters. The Hall–Kier alpha value is -2.00. The molecule has 0 aromatic heterocycles. The second-order valence-corrected chi connectivity index (χ2v) is 7.62. The van der Waals surface area contributed by atoms with Crippen LogP contribution in [-0.4, -0.2) is 5.78 Å². The largest absolute Gasteiger partial charge is 0.289 e. The van der Waals surface area contributed by atoms with E-state index in [1.54, 1.807) is 18.3 Å². The highest BCUT2D eigenvalue weighted by atomic mass is 35.5. The Morgan fingerprint density at radius 1 is 0.960 bits per heavy atom. The number of allylic oxidation sites excluding steroid dienone is 5. The maximum atomic E-state index is 12.6. The zero-order valence-corrected chi connectivity index (χ0v) is 16.0. The number of benzene rings is 1. The summed E-state index contributed by atoms with van der Waals surface area (Å²) in [5.74, 6) is 1.05. The Balaban J connectivity index is 2.25. The van der Waals surface area contributed by atoms with Crippen molar-refractivity contribution in [2.45, 2.75) is 40.5 Å². The van der Waals surface area contributed by atoms with Crippen molar-refractivity contribution < 1.29 is 4.79 Å². The Kier molecular flexibility index (Phi) is 6.89. The molecule has 2 rings (SSSR count). The van der Waals surface area contributed by atoms with Crippen molar-refractivity contribution in [1.82, 2.24) is 0 Å². The number of azo groups is 1. The molecule has 25 heavy (non-hydrogen) atoms. The summed E-state index contributed by atoms with van der Waals surface area (Å²) < 4.78 is 0. The SMILES string of the molecule is CC(C)CC1=CC(=CN=Nc2ccc(Cl)cc2)C=C(CC(C)C)C1=O. The highest BCUT2D eigenvalue weighted by Crippen LogP contribution is 2.28. The summed E-state index contributed by atoms with van der Waals surface area (Å²) in [5, 5.41) is 9.02. The number of hydrogen-bond acceptors (Lipinski definition) is 3. The highest BCUT2D eigenvalue weighted by Gasteiger charge is 2.21. The second kappa shape index (κ2) is 8.91. The Labute approximate surface area is 155 Å². The summed E-state index contributed by atoms with van der Waals surface area (Å²) >= 11 is 5.86. The van der Waals surface area contributed by atoms with E-state index in [9.17, 15) is 4.79 Å². The molecule has 0 saturated heterocycles. The average molecular weight is 357 g/mol. The topological polar surface area (TPSA) is 41.8 Å². The predicted molar refractivity (Wildman–Crippen MR) is 104 cm³/mol. The molecule has 0 saturated carbocycles. The van der Waals surface area contributed by atoms with E-state index in [-0.39, 0.29) is 5.78 Å². The molecule has 1 aliphatic rings. The molecule has 0 radical (unpaired) electrons. The van der Waals surface area contributed by atoms with E-state index in [0.29, 0.717) is 16.9 Å². The van der Waals surface area contributed by atoms with Gasteiger partial charge in [-0.05, 0) is 66.7 Å². The molecule has 0 fully saturated rings. The molecule has 0 bridgehead atoms. The first-order valence-electron chi connectivity index (χ1n) is 8.67. The lowest BCUT2D eigenvalue weighted by molar-refractivity contribution is -0.112. The van der Waals surface area contributed by atoms with Crippen LogP contribution in [0.5, 0.6) is 0 Å². The fraction of sp³-hybridized carbons (Fsp3) is 0.381. The summed E-state index contributed by atoms with van der Waals surface area (Å²) in [6, 6.07) is 7.19. The monoisotopic (exact) mass is 356 g/mol. The molecule has 0 aliphatic heterocycles. The van der Waals surface area contributed by atoms with E-state index in [1.807, 2.05) is 24.3 Å². The van der Waals surface area contributed by atoms with Gasteiger partial charge in [0.25, 0.3) is 0 Å². The molecule has 0 heterocycles. The number of Topliss-reactive ketones (excluding diaryl/α,β-unsaturated/α-hetero) is 1. The number of nitrogens with zero attached hydrogens (tertiary/aromatic N) is 2. The fourth-order valence-electron chi connectivity index (χ4n) is 2.71. The van der Waals surface area contributed by atoms with Crippen molar-refractivity contribution >= 4 is 23.1 Å². The summed E-state index contributed by atoms with van der Waals surface area (Å²) in [6.45, 7) is 8.49. The van der Waals surface area contributed by atoms with Gasteiger partial charge in [-0.25, -0.2) is 0 Å². The number of ketones is 1. The zero-order chi connectivity index (χ0) is 18.4. The van der Waals surface area contributed by atoms with Crippen LogP contribution in [0.2, 0.25) is 5.02 Å². The zero-order valence-electron chi connectivity index (χ0n) is 15.3. The Morgan fingerprint density at radius 3 is 1.96 bits per heavy atom. The van der Waals surface area contributed by atoms with Crippen LogP contribution in [-0.2, 0) is 4.79 Å². The molecule has 1 aromatic rings. The second-order valence-electron chi connectivity index (χ2n) is 7.19. The standard InChI is InChI=1S/C21H25ClN2O/c1-14(2)9-17-11-16(12-18(21(17)25)10-15(3)4)13-23-24-20-7-5-19(22)6-8-20/h5-8,11-15H,9-10H2,1-4H3. The van der Waals surface area contributed by atoms with Crippen LogP contribution in [0.25, 0.3) is 0 Å². The van der Waals surface area contributed by atoms with Gasteiger partial charge in [0.05, 0.1) is 11.9 Å². The van der Waals surface area contributed by atoms with Crippen molar-refractivity contribution in [2.24, 2.45) is 22.1 Å². The first kappa shape index (κ1) is 19.3. The summed E-state index contributed by atoms with van der Waals surface area (Å²) in [6.07, 6.45) is 7.14. The van der Waals surface area contributed by atoms with Crippen LogP contribution in [0.4, 0.5) is 5.69 Å². The number of carbonyl (C=O) groups is 1. The number of rotatable bonds is 6. The van der Waals surface area contributed by atoms with Gasteiger partial charge >= 0.3 is 0 Å². The van der Waals surface area contributed by atoms with Crippen LogP contribution in [0.1, 0.15) is 40.5 Å². The number of hydrogen-bond donors (Lipinski definition) is 0. The van der Waals surface area contributed by atoms with Crippen molar-refractivity contribution in [1.29, 1.82) is 0 Å². The molecule has 4 heteroatoms. The maximum Gasteiger partial charge on any atom is 0.185 e. The molecular weight excluding hydrogens is 332 g/mol. The van der Waals surface area contributed by atoms with Crippen LogP contribution in [0.15, 0.2) is 69.6 Å². The molecule has 0 N–H and O–H groups in total. The minimum Gasteiger partial charge on any atom is -0.289 e. The average Bonchev–Trinajstić information content (AvgIpc) is 2.52. The third-order valence-electron chi connectivity index (χ3n) is 3.73. The van der Waals surface area contributed by atoms with Crippen LogP contribution in [0, 0.1) is 11.8 Å². The van der Waals surface area contributed by atoms with Crippen LogP contribution >= 0.6 is 11.6 Å². The van der Waals surface area contributed by atoms with Gasteiger partial charge in [-0.15, -0.1) is 0 Å². The quantitative estimate of drug-likeness (QED) is 0.514. The maximum absolute atomic E-state index is 12.6. The summed E-state index contributed by atoms with van der Waals surface area (Å²) in [4.78, 5) is 12.6. The summed E-state index contributed by atoms with van der Waals surface area (Å²) in [5.41, 5.74) is 3.39. The van der Waals surface area contributed by atoms with Gasteiger partial charge in [0, 0.05) is 16.2 Å². The first-order valence-corrected chi connectivity index (χ1v) is 9.05. The van der Waals surface area contributed by atoms with E-state index in [0.717, 1.165) is 35.2 Å². The lowest BCUT2D eigenvalue weighted by atomic mass is 9.85. The van der Waals surface area contributed by atoms with Crippen LogP contribution in [0.3, 0.4) is 0 Å². The van der Waals surface area contributed by atoms with Gasteiger partial charge in [0.15, 0.2) is 5.78 Å². The normalized spacial score (nSPS) is 15.2. The van der Waals surface area contributed by atoms with Gasteiger partial charge in [-0.1, -0.05) is 39.3 Å². The van der Waals surface area contributed by atoms with E-state index < -0.39 is 0 Å². The summed E-state index contributed by atoms with van der Waals surface area (Å²) in [7, 11) is 0. The molecule has 0 spiro atoms. The lowest BCUT2D eigenvalue weighted by Gasteiger charge is -2.18. The predicted octanol–water partition coefficient (Wildman–Crippen LogP) is 6.84. The minimum absolute atomic E-state index is 0.175.